The molecule has 0 bridgehead atoms. The third kappa shape index (κ3) is 2.00. The van der Waals surface area contributed by atoms with Gasteiger partial charge in [0.1, 0.15) is 5.65 Å². The Labute approximate surface area is 119 Å². The number of fused-ring (bicyclic) bond motifs is 1. The fourth-order valence-corrected chi connectivity index (χ4v) is 2.67. The van der Waals surface area contributed by atoms with Gasteiger partial charge in [0.25, 0.3) is 0 Å². The number of imidazole rings is 1. The van der Waals surface area contributed by atoms with Crippen LogP contribution in [0.3, 0.4) is 0 Å². The number of nitrogens with two attached hydrogens (primary N) is 1. The fraction of sp³-hybridized carbons (Fsp3) is 0.235. The summed E-state index contributed by atoms with van der Waals surface area (Å²) in [6, 6.07) is 10.6. The highest BCUT2D eigenvalue weighted by molar-refractivity contribution is 5.69. The molecule has 0 spiro atoms. The topological polar surface area (TPSA) is 43.3 Å². The summed E-state index contributed by atoms with van der Waals surface area (Å²) >= 11 is 0. The minimum atomic E-state index is 0.543. The van der Waals surface area contributed by atoms with Crippen molar-refractivity contribution in [2.45, 2.75) is 27.3 Å². The van der Waals surface area contributed by atoms with Gasteiger partial charge in [-0.15, -0.1) is 0 Å². The molecule has 0 saturated heterocycles. The van der Waals surface area contributed by atoms with Crippen LogP contribution in [0.1, 0.15) is 22.4 Å². The normalized spacial score (nSPS) is 11.2. The van der Waals surface area contributed by atoms with Crippen LogP contribution in [0.25, 0.3) is 16.9 Å². The van der Waals surface area contributed by atoms with Gasteiger partial charge in [-0.1, -0.05) is 23.8 Å². The van der Waals surface area contributed by atoms with Gasteiger partial charge >= 0.3 is 0 Å². The Balaban J connectivity index is 2.23. The van der Waals surface area contributed by atoms with E-state index in [9.17, 15) is 0 Å². The Hall–Kier alpha value is -2.13. The SMILES string of the molecule is Cc1ccc(-c2nc3cc(CN)ccn3c2C)c(C)c1. The second-order valence-electron chi connectivity index (χ2n) is 5.33. The minimum Gasteiger partial charge on any atom is -0.326 e. The van der Waals surface area contributed by atoms with Crippen molar-refractivity contribution in [3.63, 3.8) is 0 Å². The number of hydrogen-bond donors (Lipinski definition) is 1. The number of aromatic nitrogens is 2. The van der Waals surface area contributed by atoms with Crippen molar-refractivity contribution in [1.29, 1.82) is 0 Å². The number of benzene rings is 1. The molecular formula is C17H19N3. The smallest absolute Gasteiger partial charge is 0.137 e. The highest BCUT2D eigenvalue weighted by Crippen LogP contribution is 2.27. The van der Waals surface area contributed by atoms with E-state index in [1.54, 1.807) is 0 Å². The van der Waals surface area contributed by atoms with Crippen LogP contribution in [0.5, 0.6) is 0 Å². The van der Waals surface area contributed by atoms with Crippen LogP contribution >= 0.6 is 0 Å². The summed E-state index contributed by atoms with van der Waals surface area (Å²) in [6.07, 6.45) is 2.05. The predicted octanol–water partition coefficient (Wildman–Crippen LogP) is 3.39. The quantitative estimate of drug-likeness (QED) is 0.772. The van der Waals surface area contributed by atoms with Crippen LogP contribution in [0.15, 0.2) is 36.5 Å². The Bertz CT molecular complexity index is 784. The molecule has 0 aliphatic heterocycles. The van der Waals surface area contributed by atoms with Gasteiger partial charge in [-0.05, 0) is 44.0 Å². The molecule has 3 rings (SSSR count). The molecule has 102 valence electrons. The van der Waals surface area contributed by atoms with E-state index >= 15 is 0 Å². The lowest BCUT2D eigenvalue weighted by atomic mass is 10.0. The van der Waals surface area contributed by atoms with Crippen molar-refractivity contribution in [2.24, 2.45) is 5.73 Å². The summed E-state index contributed by atoms with van der Waals surface area (Å²) in [4.78, 5) is 4.79. The Morgan fingerprint density at radius 3 is 2.60 bits per heavy atom. The van der Waals surface area contributed by atoms with Gasteiger partial charge in [-0.3, -0.25) is 0 Å². The molecule has 2 heterocycles. The second-order valence-corrected chi connectivity index (χ2v) is 5.33. The molecule has 0 atom stereocenters. The first kappa shape index (κ1) is 12.9. The molecule has 3 heteroatoms. The van der Waals surface area contributed by atoms with Crippen molar-refractivity contribution >= 4 is 5.65 Å². The van der Waals surface area contributed by atoms with Crippen molar-refractivity contribution in [1.82, 2.24) is 9.38 Å². The molecule has 0 fully saturated rings. The number of nitrogens with zero attached hydrogens (tertiary/aromatic N) is 2. The highest BCUT2D eigenvalue weighted by atomic mass is 15.0. The summed E-state index contributed by atoms with van der Waals surface area (Å²) in [7, 11) is 0. The average molecular weight is 265 g/mol. The van der Waals surface area contributed by atoms with Crippen LogP contribution in [0.2, 0.25) is 0 Å². The zero-order valence-corrected chi connectivity index (χ0v) is 12.1. The van der Waals surface area contributed by atoms with Crippen molar-refractivity contribution < 1.29 is 0 Å². The predicted molar refractivity (Wildman–Crippen MR) is 82.7 cm³/mol. The standard InChI is InChI=1S/C17H19N3/c1-11-4-5-15(12(2)8-11)17-13(3)20-7-6-14(10-18)9-16(20)19-17/h4-9H,10,18H2,1-3H3. The van der Waals surface area contributed by atoms with Crippen LogP contribution in [-0.4, -0.2) is 9.38 Å². The molecule has 0 amide bonds. The van der Waals surface area contributed by atoms with Crippen LogP contribution in [-0.2, 0) is 6.54 Å². The van der Waals surface area contributed by atoms with E-state index in [1.807, 2.05) is 12.3 Å². The van der Waals surface area contributed by atoms with Crippen LogP contribution < -0.4 is 5.73 Å². The van der Waals surface area contributed by atoms with Crippen molar-refractivity contribution in [3.8, 4) is 11.3 Å². The van der Waals surface area contributed by atoms with E-state index in [-0.39, 0.29) is 0 Å². The molecule has 0 unspecified atom stereocenters. The number of rotatable bonds is 2. The minimum absolute atomic E-state index is 0.543. The van der Waals surface area contributed by atoms with E-state index in [0.717, 1.165) is 22.6 Å². The maximum absolute atomic E-state index is 5.70. The van der Waals surface area contributed by atoms with E-state index in [2.05, 4.69) is 49.4 Å². The molecule has 0 aliphatic rings. The lowest BCUT2D eigenvalue weighted by Gasteiger charge is -2.05. The van der Waals surface area contributed by atoms with Gasteiger partial charge < -0.3 is 10.1 Å². The first-order valence-corrected chi connectivity index (χ1v) is 6.85. The maximum Gasteiger partial charge on any atom is 0.137 e. The molecule has 2 aromatic heterocycles. The number of hydrogen-bond acceptors (Lipinski definition) is 2. The van der Waals surface area contributed by atoms with Gasteiger partial charge in [0, 0.05) is 24.0 Å². The fourth-order valence-electron chi connectivity index (χ4n) is 2.67. The van der Waals surface area contributed by atoms with Crippen LogP contribution in [0, 0.1) is 20.8 Å². The van der Waals surface area contributed by atoms with Crippen molar-refractivity contribution in [2.75, 3.05) is 0 Å². The first-order chi connectivity index (χ1) is 9.60. The number of pyridine rings is 1. The summed E-state index contributed by atoms with van der Waals surface area (Å²) in [5.74, 6) is 0. The van der Waals surface area contributed by atoms with E-state index in [0.29, 0.717) is 6.54 Å². The van der Waals surface area contributed by atoms with Gasteiger partial charge in [0.05, 0.1) is 5.69 Å². The van der Waals surface area contributed by atoms with Crippen molar-refractivity contribution in [3.05, 3.63) is 58.9 Å². The molecule has 0 radical (unpaired) electrons. The molecule has 1 aromatic carbocycles. The third-order valence-electron chi connectivity index (χ3n) is 3.80. The molecule has 3 aromatic rings. The maximum atomic E-state index is 5.70. The lowest BCUT2D eigenvalue weighted by Crippen LogP contribution is -1.97. The molecule has 2 N–H and O–H groups in total. The summed E-state index contributed by atoms with van der Waals surface area (Å²) in [6.45, 7) is 6.90. The van der Waals surface area contributed by atoms with Gasteiger partial charge in [-0.25, -0.2) is 4.98 Å². The van der Waals surface area contributed by atoms with Crippen LogP contribution in [0.4, 0.5) is 0 Å². The Morgan fingerprint density at radius 1 is 1.10 bits per heavy atom. The largest absolute Gasteiger partial charge is 0.326 e. The highest BCUT2D eigenvalue weighted by Gasteiger charge is 2.12. The average Bonchev–Trinajstić information content (AvgIpc) is 2.75. The molecule has 20 heavy (non-hydrogen) atoms. The van der Waals surface area contributed by atoms with Gasteiger partial charge in [0.2, 0.25) is 0 Å². The summed E-state index contributed by atoms with van der Waals surface area (Å²) < 4.78 is 2.12. The Morgan fingerprint density at radius 2 is 1.90 bits per heavy atom. The number of aryl methyl sites for hydroxylation is 3. The summed E-state index contributed by atoms with van der Waals surface area (Å²) in [5.41, 5.74) is 13.7. The van der Waals surface area contributed by atoms with Gasteiger partial charge in [0.15, 0.2) is 0 Å². The summed E-state index contributed by atoms with van der Waals surface area (Å²) in [5, 5.41) is 0. The molecule has 3 nitrogen and oxygen atoms in total. The molecule has 0 aliphatic carbocycles. The third-order valence-corrected chi connectivity index (χ3v) is 3.80. The second kappa shape index (κ2) is 4.76. The lowest BCUT2D eigenvalue weighted by molar-refractivity contribution is 1.04. The zero-order valence-electron chi connectivity index (χ0n) is 12.1. The monoisotopic (exact) mass is 265 g/mol. The first-order valence-electron chi connectivity index (χ1n) is 6.85. The zero-order chi connectivity index (χ0) is 14.3. The Kier molecular flexibility index (Phi) is 3.07. The van der Waals surface area contributed by atoms with Gasteiger partial charge in [-0.2, -0.15) is 0 Å². The van der Waals surface area contributed by atoms with E-state index in [4.69, 9.17) is 10.7 Å². The molecule has 0 saturated carbocycles. The molecular weight excluding hydrogens is 246 g/mol. The van der Waals surface area contributed by atoms with E-state index < -0.39 is 0 Å². The van der Waals surface area contributed by atoms with E-state index in [1.165, 1.54) is 16.7 Å².